The number of benzene rings is 3. The van der Waals surface area contributed by atoms with Crippen molar-refractivity contribution in [2.45, 2.75) is 11.7 Å². The summed E-state index contributed by atoms with van der Waals surface area (Å²) in [5.74, 6) is -1.56. The number of ketones is 1. The number of para-hydroxylation sites is 1. The number of carbonyl (C=O) groups is 4. The quantitative estimate of drug-likeness (QED) is 0.367. The zero-order valence-electron chi connectivity index (χ0n) is 18.5. The normalized spacial score (nSPS) is 15.9. The molecular formula is C26H21N3O5S. The van der Waals surface area contributed by atoms with E-state index in [0.717, 1.165) is 0 Å². The molecule has 0 aliphatic carbocycles. The van der Waals surface area contributed by atoms with E-state index < -0.39 is 11.2 Å². The topological polar surface area (TPSA) is 114 Å². The van der Waals surface area contributed by atoms with Gasteiger partial charge >= 0.3 is 5.97 Å². The molecule has 0 spiro atoms. The number of esters is 1. The van der Waals surface area contributed by atoms with Gasteiger partial charge in [-0.3, -0.25) is 14.4 Å². The number of carbonyl (C=O) groups excluding carboxylic acids is 4. The zero-order chi connectivity index (χ0) is 24.6. The number of rotatable bonds is 8. The Labute approximate surface area is 205 Å². The third-order valence-electron chi connectivity index (χ3n) is 4.97. The lowest BCUT2D eigenvalue weighted by Crippen LogP contribution is -2.28. The number of thioether (sulfide) groups is 1. The molecule has 0 radical (unpaired) electrons. The van der Waals surface area contributed by atoms with E-state index >= 15 is 0 Å². The van der Waals surface area contributed by atoms with Gasteiger partial charge in [0.05, 0.1) is 11.3 Å². The first-order chi connectivity index (χ1) is 17.0. The summed E-state index contributed by atoms with van der Waals surface area (Å²) in [6, 6.07) is 23.9. The van der Waals surface area contributed by atoms with Crippen molar-refractivity contribution in [2.24, 2.45) is 4.99 Å². The Morgan fingerprint density at radius 3 is 2.23 bits per heavy atom. The fourth-order valence-electron chi connectivity index (χ4n) is 3.20. The van der Waals surface area contributed by atoms with E-state index in [1.807, 2.05) is 30.3 Å². The number of amides is 2. The molecule has 176 valence electrons. The molecule has 35 heavy (non-hydrogen) atoms. The standard InChI is InChI=1S/C26H21N3O5S/c30-21(17-7-3-1-4-8-17)16-34-25(33)18-11-13-20(14-12-18)27-23(31)15-22-24(32)29-26(35-22)28-19-9-5-2-6-10-19/h1-14,22H,15-16H2,(H,27,31)(H,28,29,32)/t22-/m1/s1. The third kappa shape index (κ3) is 6.64. The minimum Gasteiger partial charge on any atom is -0.454 e. The molecule has 1 aliphatic rings. The third-order valence-corrected chi connectivity index (χ3v) is 6.05. The molecule has 0 saturated carbocycles. The van der Waals surface area contributed by atoms with Crippen LogP contribution in [-0.2, 0) is 14.3 Å². The highest BCUT2D eigenvalue weighted by atomic mass is 32.2. The first-order valence-electron chi connectivity index (χ1n) is 10.7. The lowest BCUT2D eigenvalue weighted by Gasteiger charge is -2.08. The maximum absolute atomic E-state index is 12.4. The van der Waals surface area contributed by atoms with Gasteiger partial charge in [-0.15, -0.1) is 0 Å². The van der Waals surface area contributed by atoms with Crippen molar-refractivity contribution in [3.8, 4) is 0 Å². The molecule has 1 fully saturated rings. The predicted octanol–water partition coefficient (Wildman–Crippen LogP) is 3.97. The van der Waals surface area contributed by atoms with Gasteiger partial charge < -0.3 is 15.4 Å². The smallest absolute Gasteiger partial charge is 0.338 e. The summed E-state index contributed by atoms with van der Waals surface area (Å²) in [4.78, 5) is 53.3. The summed E-state index contributed by atoms with van der Waals surface area (Å²) in [7, 11) is 0. The molecule has 2 N–H and O–H groups in total. The molecule has 2 amide bonds. The van der Waals surface area contributed by atoms with Crippen molar-refractivity contribution < 1.29 is 23.9 Å². The number of hydrogen-bond donors (Lipinski definition) is 2. The minimum absolute atomic E-state index is 0.0320. The van der Waals surface area contributed by atoms with Crippen LogP contribution >= 0.6 is 11.8 Å². The van der Waals surface area contributed by atoms with E-state index in [1.54, 1.807) is 42.5 Å². The molecule has 0 aromatic heterocycles. The molecule has 9 heteroatoms. The Hall–Kier alpha value is -4.24. The van der Waals surface area contributed by atoms with Gasteiger partial charge in [-0.05, 0) is 36.4 Å². The van der Waals surface area contributed by atoms with Crippen LogP contribution in [0.3, 0.4) is 0 Å². The molecule has 0 unspecified atom stereocenters. The number of nitrogens with zero attached hydrogens (tertiary/aromatic N) is 1. The van der Waals surface area contributed by atoms with E-state index in [9.17, 15) is 19.2 Å². The molecule has 4 rings (SSSR count). The highest BCUT2D eigenvalue weighted by Crippen LogP contribution is 2.25. The van der Waals surface area contributed by atoms with Gasteiger partial charge in [-0.2, -0.15) is 0 Å². The molecule has 1 heterocycles. The number of Topliss-reactive ketones (excluding diaryl/α,β-unsaturated/α-hetero) is 1. The van der Waals surface area contributed by atoms with Crippen molar-refractivity contribution in [1.29, 1.82) is 0 Å². The van der Waals surface area contributed by atoms with E-state index in [4.69, 9.17) is 4.74 Å². The molecule has 1 aliphatic heterocycles. The highest BCUT2D eigenvalue weighted by molar-refractivity contribution is 8.15. The van der Waals surface area contributed by atoms with Gasteiger partial charge in [-0.25, -0.2) is 9.79 Å². The number of aliphatic imine (C=N–C) groups is 1. The number of nitrogens with one attached hydrogen (secondary N) is 2. The molecule has 1 saturated heterocycles. The second-order valence-corrected chi connectivity index (χ2v) is 8.73. The summed E-state index contributed by atoms with van der Waals surface area (Å²) in [5.41, 5.74) is 1.89. The Balaban J connectivity index is 1.26. The summed E-state index contributed by atoms with van der Waals surface area (Å²) >= 11 is 1.20. The van der Waals surface area contributed by atoms with E-state index in [1.165, 1.54) is 23.9 Å². The number of anilines is 1. The van der Waals surface area contributed by atoms with Crippen LogP contribution in [0.1, 0.15) is 27.1 Å². The summed E-state index contributed by atoms with van der Waals surface area (Å²) in [6.45, 7) is -0.363. The fraction of sp³-hybridized carbons (Fsp3) is 0.115. The van der Waals surface area contributed by atoms with Crippen molar-refractivity contribution >= 4 is 51.9 Å². The van der Waals surface area contributed by atoms with Crippen molar-refractivity contribution in [1.82, 2.24) is 5.32 Å². The summed E-state index contributed by atoms with van der Waals surface area (Å²) in [6.07, 6.45) is -0.0320. The van der Waals surface area contributed by atoms with Crippen molar-refractivity contribution in [3.63, 3.8) is 0 Å². The minimum atomic E-state index is -0.642. The monoisotopic (exact) mass is 487 g/mol. The van der Waals surface area contributed by atoms with Crippen LogP contribution in [0.4, 0.5) is 11.4 Å². The van der Waals surface area contributed by atoms with Gasteiger partial charge in [0.2, 0.25) is 11.8 Å². The number of hydrogen-bond acceptors (Lipinski definition) is 7. The Bertz CT molecular complexity index is 1260. The average Bonchev–Trinajstić information content (AvgIpc) is 3.21. The maximum Gasteiger partial charge on any atom is 0.338 e. The lowest BCUT2D eigenvalue weighted by molar-refractivity contribution is -0.122. The number of ether oxygens (including phenoxy) is 1. The van der Waals surface area contributed by atoms with Gasteiger partial charge in [0, 0.05) is 17.7 Å². The van der Waals surface area contributed by atoms with Gasteiger partial charge in [0.1, 0.15) is 5.25 Å². The molecule has 8 nitrogen and oxygen atoms in total. The second kappa shape index (κ2) is 11.3. The van der Waals surface area contributed by atoms with Gasteiger partial charge in [-0.1, -0.05) is 60.3 Å². The van der Waals surface area contributed by atoms with Crippen LogP contribution < -0.4 is 10.6 Å². The highest BCUT2D eigenvalue weighted by Gasteiger charge is 2.32. The van der Waals surface area contributed by atoms with E-state index in [-0.39, 0.29) is 36.2 Å². The van der Waals surface area contributed by atoms with Crippen LogP contribution in [0, 0.1) is 0 Å². The molecule has 3 aromatic carbocycles. The first-order valence-corrected chi connectivity index (χ1v) is 11.6. The van der Waals surface area contributed by atoms with Crippen molar-refractivity contribution in [2.75, 3.05) is 11.9 Å². The largest absolute Gasteiger partial charge is 0.454 e. The molecule has 0 bridgehead atoms. The van der Waals surface area contributed by atoms with E-state index in [2.05, 4.69) is 15.6 Å². The first kappa shape index (κ1) is 23.9. The zero-order valence-corrected chi connectivity index (χ0v) is 19.3. The van der Waals surface area contributed by atoms with E-state index in [0.29, 0.717) is 22.1 Å². The predicted molar refractivity (Wildman–Crippen MR) is 134 cm³/mol. The number of amidine groups is 1. The van der Waals surface area contributed by atoms with Crippen LogP contribution in [0.2, 0.25) is 0 Å². The van der Waals surface area contributed by atoms with Gasteiger partial charge in [0.25, 0.3) is 0 Å². The second-order valence-electron chi connectivity index (χ2n) is 7.54. The Morgan fingerprint density at radius 1 is 0.886 bits per heavy atom. The van der Waals surface area contributed by atoms with Crippen LogP contribution in [-0.4, -0.2) is 40.6 Å². The van der Waals surface area contributed by atoms with Crippen LogP contribution in [0.5, 0.6) is 0 Å². The summed E-state index contributed by atoms with van der Waals surface area (Å²) in [5, 5.41) is 5.27. The Kier molecular flexibility index (Phi) is 7.69. The maximum atomic E-state index is 12.4. The van der Waals surface area contributed by atoms with Gasteiger partial charge in [0.15, 0.2) is 17.6 Å². The molecule has 3 aromatic rings. The van der Waals surface area contributed by atoms with Crippen molar-refractivity contribution in [3.05, 3.63) is 96.1 Å². The summed E-state index contributed by atoms with van der Waals surface area (Å²) < 4.78 is 5.08. The molecule has 1 atom stereocenters. The fourth-order valence-corrected chi connectivity index (χ4v) is 4.19. The van der Waals surface area contributed by atoms with Crippen LogP contribution in [0.15, 0.2) is 89.9 Å². The lowest BCUT2D eigenvalue weighted by atomic mass is 10.1. The van der Waals surface area contributed by atoms with Crippen LogP contribution in [0.25, 0.3) is 0 Å². The SMILES string of the molecule is O=C(C[C@H]1SC(=Nc2ccccc2)NC1=O)Nc1ccc(C(=O)OCC(=O)c2ccccc2)cc1. The molecular weight excluding hydrogens is 466 g/mol. The Morgan fingerprint density at radius 2 is 1.54 bits per heavy atom. The average molecular weight is 488 g/mol.